The Morgan fingerprint density at radius 3 is 2.36 bits per heavy atom. The van der Waals surface area contributed by atoms with Crippen LogP contribution in [0.4, 0.5) is 0 Å². The second-order valence-corrected chi connectivity index (χ2v) is 17.4. The SMILES string of the molecule is C[NH+]=C(N)N[C@@H](CCO)C1C(C)CC2C(=O)C3CC(OC)CC(O[C@H]4O[C@H](CO)[C@](O)(C[C@H](CN5C(=O)C=CC5=O)C5CC[NH2+]C(N)C5)[C@H](O)[C@H]4O)C3C(=O)C2C1O. The summed E-state index contributed by atoms with van der Waals surface area (Å²) in [5, 5.41) is 73.1. The summed E-state index contributed by atoms with van der Waals surface area (Å²) in [6, 6.07) is -0.525. The lowest BCUT2D eigenvalue weighted by atomic mass is 9.53. The predicted octanol–water partition coefficient (Wildman–Crippen LogP) is -6.46. The number of rotatable bonds is 13. The molecule has 3 aliphatic carbocycles. The maximum absolute atomic E-state index is 14.7. The number of quaternary nitrogens is 1. The molecule has 0 bridgehead atoms. The standard InChI is InChI=1S/C39H62N6O13/c1-17-10-21-31(33(51)29(17)23(7-9-46)44-38(41)42-2)34(52)30-22(32(21)50)12-20(56-3)13-24(30)57-37-35(53)36(54)39(55,25(16-47)58-37)14-19(18-6-8-43-26(40)11-18)15-45-27(48)4-5-28(45)49/h4-5,17-26,29-31,33,35-37,43,46-47,51,53-55H,6-16,40H2,1-3H3,(H3,41,42,44)/p+2/t17?,18?,19-,20?,21?,22?,23+,24?,25-,26?,29?,30?,31?,33?,35-,36-,37+,39-/m1/s1. The van der Waals surface area contributed by atoms with Crippen molar-refractivity contribution in [1.82, 2.24) is 10.2 Å². The molecule has 3 heterocycles. The minimum Gasteiger partial charge on any atom is -0.396 e. The van der Waals surface area contributed by atoms with Crippen LogP contribution in [0.5, 0.6) is 0 Å². The van der Waals surface area contributed by atoms with Crippen LogP contribution < -0.4 is 27.1 Å². The van der Waals surface area contributed by atoms with Crippen LogP contribution in [0.1, 0.15) is 51.9 Å². The fraction of sp³-hybridized carbons (Fsp3) is 0.821. The molecule has 3 saturated carbocycles. The van der Waals surface area contributed by atoms with Crippen LogP contribution in [0.3, 0.4) is 0 Å². The van der Waals surface area contributed by atoms with Gasteiger partial charge in [0.25, 0.3) is 11.8 Å². The molecule has 5 fully saturated rings. The summed E-state index contributed by atoms with van der Waals surface area (Å²) in [5.74, 6) is -6.79. The summed E-state index contributed by atoms with van der Waals surface area (Å²) < 4.78 is 18.1. The number of ether oxygens (including phenoxy) is 3. The number of hydrogen-bond acceptors (Lipinski definition) is 14. The van der Waals surface area contributed by atoms with Gasteiger partial charge in [0.05, 0.1) is 56.4 Å². The fourth-order valence-corrected chi connectivity index (χ4v) is 11.2. The van der Waals surface area contributed by atoms with Gasteiger partial charge in [-0.25, -0.2) is 0 Å². The molecular formula is C39H64N6O13+2. The number of nitrogens with one attached hydrogen (secondary N) is 2. The highest BCUT2D eigenvalue weighted by Gasteiger charge is 2.63. The number of methoxy groups -OCH3 is 1. The van der Waals surface area contributed by atoms with Gasteiger partial charge >= 0.3 is 5.96 Å². The van der Waals surface area contributed by atoms with Crippen molar-refractivity contribution >= 4 is 29.3 Å². The molecule has 19 heteroatoms. The highest BCUT2D eigenvalue weighted by atomic mass is 16.7. The first-order chi connectivity index (χ1) is 27.6. The lowest BCUT2D eigenvalue weighted by Gasteiger charge is -2.54. The number of aliphatic hydroxyl groups is 6. The van der Waals surface area contributed by atoms with Gasteiger partial charge in [0, 0.05) is 69.4 Å². The Balaban J connectivity index is 1.24. The Morgan fingerprint density at radius 2 is 1.74 bits per heavy atom. The van der Waals surface area contributed by atoms with E-state index < -0.39 is 108 Å². The van der Waals surface area contributed by atoms with Crippen molar-refractivity contribution in [3.05, 3.63) is 12.2 Å². The minimum absolute atomic E-state index is 0.0933. The highest BCUT2D eigenvalue weighted by molar-refractivity contribution is 6.12. The summed E-state index contributed by atoms with van der Waals surface area (Å²) in [7, 11) is 3.09. The number of ketones is 2. The molecule has 6 aliphatic rings. The Hall–Kier alpha value is -2.95. The number of aliphatic hydroxyl groups excluding tert-OH is 5. The molecule has 0 aromatic rings. The molecule has 14 N–H and O–H groups in total. The van der Waals surface area contributed by atoms with E-state index in [0.29, 0.717) is 25.8 Å². The number of nitrogens with two attached hydrogens (primary N) is 3. The van der Waals surface area contributed by atoms with Crippen LogP contribution in [-0.4, -0.2) is 166 Å². The molecule has 2 amide bonds. The van der Waals surface area contributed by atoms with Gasteiger partial charge in [0.2, 0.25) is 0 Å². The molecule has 18 atom stereocenters. The van der Waals surface area contributed by atoms with Gasteiger partial charge in [-0.3, -0.25) is 45.9 Å². The number of amides is 2. The summed E-state index contributed by atoms with van der Waals surface area (Å²) in [6.07, 6.45) is -6.29. The van der Waals surface area contributed by atoms with Crippen molar-refractivity contribution < 1.29 is 74.3 Å². The Labute approximate surface area is 337 Å². The van der Waals surface area contributed by atoms with Gasteiger partial charge in [-0.15, -0.1) is 0 Å². The van der Waals surface area contributed by atoms with Crippen LogP contribution in [0.15, 0.2) is 12.2 Å². The van der Waals surface area contributed by atoms with Crippen LogP contribution >= 0.6 is 0 Å². The largest absolute Gasteiger partial charge is 0.396 e. The predicted molar refractivity (Wildman–Crippen MR) is 201 cm³/mol. The molecular weight excluding hydrogens is 760 g/mol. The first-order valence-corrected chi connectivity index (χ1v) is 20.7. The van der Waals surface area contributed by atoms with Crippen LogP contribution in [-0.2, 0) is 33.4 Å². The normalized spacial score (nSPS) is 43.2. The van der Waals surface area contributed by atoms with Crippen molar-refractivity contribution in [2.45, 2.75) is 113 Å². The Kier molecular flexibility index (Phi) is 14.1. The lowest BCUT2D eigenvalue weighted by molar-refractivity contribution is -0.699. The van der Waals surface area contributed by atoms with Gasteiger partial charge in [0.1, 0.15) is 41.6 Å². The molecule has 326 valence electrons. The van der Waals surface area contributed by atoms with E-state index in [1.54, 1.807) is 7.05 Å². The van der Waals surface area contributed by atoms with E-state index >= 15 is 0 Å². The molecule has 0 spiro atoms. The van der Waals surface area contributed by atoms with E-state index in [2.05, 4.69) is 10.3 Å². The number of piperidine rings is 1. The van der Waals surface area contributed by atoms with Crippen molar-refractivity contribution in [1.29, 1.82) is 0 Å². The van der Waals surface area contributed by atoms with Gasteiger partial charge in [-0.1, -0.05) is 6.92 Å². The molecule has 2 saturated heterocycles. The summed E-state index contributed by atoms with van der Waals surface area (Å²) in [6.45, 7) is 1.41. The third-order valence-corrected chi connectivity index (χ3v) is 14.2. The van der Waals surface area contributed by atoms with Gasteiger partial charge < -0.3 is 50.2 Å². The van der Waals surface area contributed by atoms with E-state index in [1.165, 1.54) is 7.11 Å². The molecule has 0 aromatic heterocycles. The average Bonchev–Trinajstić information content (AvgIpc) is 3.51. The van der Waals surface area contributed by atoms with E-state index in [4.69, 9.17) is 25.7 Å². The number of carbonyl (C=O) groups is 4. The van der Waals surface area contributed by atoms with Gasteiger partial charge in [-0.05, 0) is 43.4 Å². The maximum atomic E-state index is 14.7. The summed E-state index contributed by atoms with van der Waals surface area (Å²) in [4.78, 5) is 58.1. The molecule has 0 aromatic carbocycles. The molecule has 3 aliphatic heterocycles. The van der Waals surface area contributed by atoms with Crippen molar-refractivity contribution in [2.24, 2.45) is 58.8 Å². The smallest absolute Gasteiger partial charge is 0.341 e. The van der Waals surface area contributed by atoms with Crippen LogP contribution in [0, 0.1) is 47.3 Å². The Morgan fingerprint density at radius 1 is 1.05 bits per heavy atom. The topological polar surface area (TPSA) is 315 Å². The number of Topliss-reactive ketones (excluding diaryl/α,β-unsaturated/α-hetero) is 2. The first kappa shape index (κ1) is 44.6. The van der Waals surface area contributed by atoms with Crippen molar-refractivity contribution in [2.75, 3.05) is 40.5 Å². The van der Waals surface area contributed by atoms with Crippen molar-refractivity contribution in [3.63, 3.8) is 0 Å². The highest BCUT2D eigenvalue weighted by Crippen LogP contribution is 2.51. The zero-order chi connectivity index (χ0) is 42.2. The van der Waals surface area contributed by atoms with E-state index in [1.807, 2.05) is 12.2 Å². The third kappa shape index (κ3) is 8.50. The molecule has 0 radical (unpaired) electrons. The maximum Gasteiger partial charge on any atom is 0.341 e. The minimum atomic E-state index is -2.29. The van der Waals surface area contributed by atoms with E-state index in [-0.39, 0.29) is 74.4 Å². The summed E-state index contributed by atoms with van der Waals surface area (Å²) >= 11 is 0. The number of nitrogens with zero attached hydrogens (tertiary/aromatic N) is 1. The number of imide groups is 1. The average molecular weight is 825 g/mol. The molecule has 19 nitrogen and oxygen atoms in total. The number of fused-ring (bicyclic) bond motifs is 2. The third-order valence-electron chi connectivity index (χ3n) is 14.2. The van der Waals surface area contributed by atoms with E-state index in [0.717, 1.165) is 17.1 Å². The Bertz CT molecular complexity index is 1560. The second-order valence-electron chi connectivity index (χ2n) is 17.4. The zero-order valence-electron chi connectivity index (χ0n) is 33.5. The quantitative estimate of drug-likeness (QED) is 0.0468. The van der Waals surface area contributed by atoms with E-state index in [9.17, 15) is 49.8 Å². The molecule has 6 rings (SSSR count). The first-order valence-electron chi connectivity index (χ1n) is 20.7. The monoisotopic (exact) mass is 824 g/mol. The molecule has 11 unspecified atom stereocenters. The second kappa shape index (κ2) is 18.3. The number of carbonyl (C=O) groups excluding carboxylic acids is 4. The molecule has 58 heavy (non-hydrogen) atoms. The van der Waals surface area contributed by atoms with Gasteiger partial charge in [0.15, 0.2) is 6.29 Å². The van der Waals surface area contributed by atoms with Crippen LogP contribution in [0.25, 0.3) is 0 Å². The van der Waals surface area contributed by atoms with Gasteiger partial charge in [-0.2, -0.15) is 0 Å². The number of guanidine groups is 1. The zero-order valence-corrected chi connectivity index (χ0v) is 33.5. The summed E-state index contributed by atoms with van der Waals surface area (Å²) in [5.41, 5.74) is 10.00. The van der Waals surface area contributed by atoms with Crippen LogP contribution in [0.2, 0.25) is 0 Å². The lowest BCUT2D eigenvalue weighted by Crippen LogP contribution is -2.94. The van der Waals surface area contributed by atoms with Crippen molar-refractivity contribution in [3.8, 4) is 0 Å². The number of hydrogen-bond donors (Lipinski definition) is 11. The fourth-order valence-electron chi connectivity index (χ4n) is 11.2.